The Hall–Kier alpha value is -2.65. The van der Waals surface area contributed by atoms with Crippen molar-refractivity contribution in [1.29, 1.82) is 5.26 Å². The third-order valence-electron chi connectivity index (χ3n) is 4.38. The molecule has 1 heterocycles. The van der Waals surface area contributed by atoms with E-state index in [1.807, 2.05) is 6.07 Å². The number of morpholine rings is 1. The molecule has 0 atom stereocenters. The molecule has 0 saturated carbocycles. The second-order valence-corrected chi connectivity index (χ2v) is 9.97. The number of nitrogens with zero attached hydrogens (tertiary/aromatic N) is 2. The lowest BCUT2D eigenvalue weighted by Crippen LogP contribution is -2.40. The molecule has 0 unspecified atom stereocenters. The van der Waals surface area contributed by atoms with Crippen LogP contribution in [-0.4, -0.2) is 54.1 Å². The van der Waals surface area contributed by atoms with E-state index in [-0.39, 0.29) is 46.5 Å². The SMILES string of the molecule is CCOc1ccc(S(=O)(=O)N2CCOCC2)cc1NS(=O)(=O)c1cccc(C#N)c1. The zero-order valence-corrected chi connectivity index (χ0v) is 17.9. The molecule has 0 aromatic heterocycles. The van der Waals surface area contributed by atoms with E-state index in [9.17, 15) is 16.8 Å². The molecule has 2 aromatic rings. The summed E-state index contributed by atoms with van der Waals surface area (Å²) in [7, 11) is -7.91. The number of rotatable bonds is 7. The van der Waals surface area contributed by atoms with Crippen molar-refractivity contribution in [2.45, 2.75) is 16.7 Å². The maximum atomic E-state index is 12.9. The highest BCUT2D eigenvalue weighted by Gasteiger charge is 2.28. The summed E-state index contributed by atoms with van der Waals surface area (Å²) in [6.07, 6.45) is 0. The van der Waals surface area contributed by atoms with Gasteiger partial charge in [0.05, 0.1) is 46.9 Å². The Morgan fingerprint density at radius 1 is 1.10 bits per heavy atom. The Morgan fingerprint density at radius 2 is 1.83 bits per heavy atom. The molecule has 3 rings (SSSR count). The Kier molecular flexibility index (Phi) is 6.62. The van der Waals surface area contributed by atoms with Gasteiger partial charge in [-0.05, 0) is 43.3 Å². The number of nitrogens with one attached hydrogen (secondary N) is 1. The predicted molar refractivity (Wildman–Crippen MR) is 109 cm³/mol. The van der Waals surface area contributed by atoms with Gasteiger partial charge in [-0.1, -0.05) is 6.07 Å². The van der Waals surface area contributed by atoms with Gasteiger partial charge in [0.15, 0.2) is 0 Å². The van der Waals surface area contributed by atoms with Crippen molar-refractivity contribution in [2.75, 3.05) is 37.6 Å². The molecule has 0 amide bonds. The van der Waals surface area contributed by atoms with E-state index in [0.717, 1.165) is 0 Å². The molecule has 160 valence electrons. The van der Waals surface area contributed by atoms with E-state index >= 15 is 0 Å². The first-order chi connectivity index (χ1) is 14.3. The minimum absolute atomic E-state index is 0.00598. The first-order valence-corrected chi connectivity index (χ1v) is 12.1. The molecule has 9 nitrogen and oxygen atoms in total. The van der Waals surface area contributed by atoms with Crippen molar-refractivity contribution in [2.24, 2.45) is 0 Å². The molecule has 1 aliphatic heterocycles. The zero-order chi connectivity index (χ0) is 21.8. The fraction of sp³-hybridized carbons (Fsp3) is 0.316. The monoisotopic (exact) mass is 451 g/mol. The average Bonchev–Trinajstić information content (AvgIpc) is 2.75. The van der Waals surface area contributed by atoms with Crippen molar-refractivity contribution < 1.29 is 26.3 Å². The van der Waals surface area contributed by atoms with E-state index in [1.54, 1.807) is 6.92 Å². The highest BCUT2D eigenvalue weighted by Crippen LogP contribution is 2.31. The summed E-state index contributed by atoms with van der Waals surface area (Å²) in [5.41, 5.74) is 0.181. The number of nitriles is 1. The Bertz CT molecular complexity index is 1170. The number of anilines is 1. The molecule has 0 spiro atoms. The molecule has 0 bridgehead atoms. The van der Waals surface area contributed by atoms with E-state index in [4.69, 9.17) is 14.7 Å². The molecular formula is C19H21N3O6S2. The van der Waals surface area contributed by atoms with Gasteiger partial charge in [0.1, 0.15) is 5.75 Å². The number of hydrogen-bond acceptors (Lipinski definition) is 7. The van der Waals surface area contributed by atoms with Crippen LogP contribution in [0, 0.1) is 11.3 Å². The molecule has 0 radical (unpaired) electrons. The Labute approximate surface area is 175 Å². The Morgan fingerprint density at radius 3 is 2.50 bits per heavy atom. The predicted octanol–water partition coefficient (Wildman–Crippen LogP) is 1.78. The lowest BCUT2D eigenvalue weighted by atomic mass is 10.2. The van der Waals surface area contributed by atoms with Crippen LogP contribution in [0.4, 0.5) is 5.69 Å². The van der Waals surface area contributed by atoms with Crippen LogP contribution >= 0.6 is 0 Å². The van der Waals surface area contributed by atoms with E-state index in [1.165, 1.54) is 46.8 Å². The van der Waals surface area contributed by atoms with Gasteiger partial charge >= 0.3 is 0 Å². The van der Waals surface area contributed by atoms with Gasteiger partial charge < -0.3 is 9.47 Å². The van der Waals surface area contributed by atoms with Crippen LogP contribution in [0.5, 0.6) is 5.75 Å². The summed E-state index contributed by atoms with van der Waals surface area (Å²) < 4.78 is 65.9. The van der Waals surface area contributed by atoms with Crippen molar-refractivity contribution in [1.82, 2.24) is 4.31 Å². The van der Waals surface area contributed by atoms with Crippen molar-refractivity contribution in [3.8, 4) is 11.8 Å². The van der Waals surface area contributed by atoms with Gasteiger partial charge in [0, 0.05) is 13.1 Å². The minimum atomic E-state index is -4.08. The largest absolute Gasteiger partial charge is 0.492 e. The third-order valence-corrected chi connectivity index (χ3v) is 7.63. The second kappa shape index (κ2) is 9.01. The van der Waals surface area contributed by atoms with Crippen LogP contribution in [0.3, 0.4) is 0 Å². The second-order valence-electron chi connectivity index (χ2n) is 6.35. The topological polar surface area (TPSA) is 126 Å². The summed E-state index contributed by atoms with van der Waals surface area (Å²) in [6, 6.07) is 11.4. The summed E-state index contributed by atoms with van der Waals surface area (Å²) >= 11 is 0. The smallest absolute Gasteiger partial charge is 0.262 e. The molecule has 1 saturated heterocycles. The van der Waals surface area contributed by atoms with Crippen LogP contribution in [-0.2, 0) is 24.8 Å². The highest BCUT2D eigenvalue weighted by molar-refractivity contribution is 7.92. The lowest BCUT2D eigenvalue weighted by molar-refractivity contribution is 0.0730. The number of sulfonamides is 2. The van der Waals surface area contributed by atoms with E-state index in [0.29, 0.717) is 13.2 Å². The quantitative estimate of drug-likeness (QED) is 0.680. The maximum Gasteiger partial charge on any atom is 0.262 e. The summed E-state index contributed by atoms with van der Waals surface area (Å²) in [5.74, 6) is 0.193. The number of hydrogen-bond donors (Lipinski definition) is 1. The van der Waals surface area contributed by atoms with Gasteiger partial charge in [0.2, 0.25) is 10.0 Å². The fourth-order valence-corrected chi connectivity index (χ4v) is 5.44. The first kappa shape index (κ1) is 22.0. The molecule has 30 heavy (non-hydrogen) atoms. The highest BCUT2D eigenvalue weighted by atomic mass is 32.2. The van der Waals surface area contributed by atoms with E-state index in [2.05, 4.69) is 4.72 Å². The van der Waals surface area contributed by atoms with Gasteiger partial charge in [-0.25, -0.2) is 16.8 Å². The van der Waals surface area contributed by atoms with Crippen LogP contribution in [0.25, 0.3) is 0 Å². The van der Waals surface area contributed by atoms with Crippen molar-refractivity contribution >= 4 is 25.7 Å². The number of ether oxygens (including phenoxy) is 2. The molecule has 1 fully saturated rings. The Balaban J connectivity index is 2.00. The van der Waals surface area contributed by atoms with Gasteiger partial charge in [-0.2, -0.15) is 9.57 Å². The van der Waals surface area contributed by atoms with Crippen LogP contribution in [0.2, 0.25) is 0 Å². The molecule has 0 aliphatic carbocycles. The minimum Gasteiger partial charge on any atom is -0.492 e. The molecule has 11 heteroatoms. The van der Waals surface area contributed by atoms with Crippen LogP contribution in [0.1, 0.15) is 12.5 Å². The standard InChI is InChI=1S/C19H21N3O6S2/c1-2-28-19-7-6-17(30(25,26)22-8-10-27-11-9-22)13-18(19)21-29(23,24)16-5-3-4-15(12-16)14-20/h3-7,12-13,21H,2,8-11H2,1H3. The molecular weight excluding hydrogens is 430 g/mol. The lowest BCUT2D eigenvalue weighted by Gasteiger charge is -2.26. The summed E-state index contributed by atoms with van der Waals surface area (Å²) in [6.45, 7) is 3.02. The normalized spacial score (nSPS) is 15.3. The van der Waals surface area contributed by atoms with E-state index < -0.39 is 20.0 Å². The third kappa shape index (κ3) is 4.73. The fourth-order valence-electron chi connectivity index (χ4n) is 2.90. The molecule has 1 aliphatic rings. The van der Waals surface area contributed by atoms with Crippen molar-refractivity contribution in [3.63, 3.8) is 0 Å². The molecule has 1 N–H and O–H groups in total. The summed E-state index contributed by atoms with van der Waals surface area (Å²) in [5, 5.41) is 9.02. The van der Waals surface area contributed by atoms with Crippen LogP contribution < -0.4 is 9.46 Å². The van der Waals surface area contributed by atoms with Gasteiger partial charge in [-0.3, -0.25) is 4.72 Å². The zero-order valence-electron chi connectivity index (χ0n) is 16.2. The first-order valence-electron chi connectivity index (χ1n) is 9.15. The van der Waals surface area contributed by atoms with Crippen molar-refractivity contribution in [3.05, 3.63) is 48.0 Å². The van der Waals surface area contributed by atoms with Gasteiger partial charge in [0.25, 0.3) is 10.0 Å². The average molecular weight is 452 g/mol. The van der Waals surface area contributed by atoms with Crippen LogP contribution in [0.15, 0.2) is 52.3 Å². The summed E-state index contributed by atoms with van der Waals surface area (Å²) in [4.78, 5) is -0.179. The maximum absolute atomic E-state index is 12.9. The molecule has 2 aromatic carbocycles. The number of benzene rings is 2. The van der Waals surface area contributed by atoms with Gasteiger partial charge in [-0.15, -0.1) is 0 Å².